The molecule has 35 heavy (non-hydrogen) atoms. The molecule has 1 saturated heterocycles. The molecule has 2 aromatic heterocycles. The van der Waals surface area contributed by atoms with E-state index in [0.29, 0.717) is 31.6 Å². The molecule has 0 saturated carbocycles. The van der Waals surface area contributed by atoms with Crippen molar-refractivity contribution in [2.45, 2.75) is 52.0 Å². The lowest BCUT2D eigenvalue weighted by molar-refractivity contribution is -0.126. The molecule has 0 radical (unpaired) electrons. The number of rotatable bonds is 7. The van der Waals surface area contributed by atoms with E-state index in [1.54, 1.807) is 24.3 Å². The maximum absolute atomic E-state index is 13.7. The Balaban J connectivity index is 1.54. The van der Waals surface area contributed by atoms with Crippen molar-refractivity contribution in [1.82, 2.24) is 14.8 Å². The van der Waals surface area contributed by atoms with Gasteiger partial charge in [-0.2, -0.15) is 4.31 Å². The Morgan fingerprint density at radius 2 is 1.97 bits per heavy atom. The summed E-state index contributed by atoms with van der Waals surface area (Å²) in [5.74, 6) is -0.313. The fourth-order valence-corrected chi connectivity index (χ4v) is 7.07. The largest absolute Gasteiger partial charge is 0.355 e. The molecule has 186 valence electrons. The topological polar surface area (TPSA) is 92.5 Å². The summed E-state index contributed by atoms with van der Waals surface area (Å²) in [6, 6.07) is 8.09. The predicted octanol–water partition coefficient (Wildman–Crippen LogP) is 4.86. The molecule has 9 heteroatoms. The number of nitrogens with one attached hydrogen (secondary N) is 1. The van der Waals surface area contributed by atoms with Crippen LogP contribution < -0.4 is 5.32 Å². The van der Waals surface area contributed by atoms with Crippen molar-refractivity contribution in [1.29, 1.82) is 0 Å². The highest BCUT2D eigenvalue weighted by molar-refractivity contribution is 7.89. The van der Waals surface area contributed by atoms with Crippen LogP contribution in [0.25, 0.3) is 12.2 Å². The number of hydrogen-bond donors (Lipinski definition) is 1. The molecule has 7 nitrogen and oxygen atoms in total. The van der Waals surface area contributed by atoms with Gasteiger partial charge in [0.05, 0.1) is 12.5 Å². The predicted molar refractivity (Wildman–Crippen MR) is 138 cm³/mol. The van der Waals surface area contributed by atoms with Crippen LogP contribution in [-0.4, -0.2) is 36.9 Å². The first-order chi connectivity index (χ1) is 16.7. The van der Waals surface area contributed by atoms with Gasteiger partial charge >= 0.3 is 0 Å². The molecule has 1 aliphatic rings. The van der Waals surface area contributed by atoms with E-state index >= 15 is 0 Å². The van der Waals surface area contributed by atoms with Crippen molar-refractivity contribution >= 4 is 39.4 Å². The molecule has 1 atom stereocenters. The van der Waals surface area contributed by atoms with Crippen LogP contribution in [0.3, 0.4) is 0 Å². The lowest BCUT2D eigenvalue weighted by Crippen LogP contribution is -2.45. The van der Waals surface area contributed by atoms with Gasteiger partial charge in [-0.05, 0) is 74.7 Å². The van der Waals surface area contributed by atoms with Crippen molar-refractivity contribution in [3.05, 3.63) is 68.2 Å². The first kappa shape index (κ1) is 25.3. The number of carbonyl (C=O) groups excluding carboxylic acids is 1. The van der Waals surface area contributed by atoms with Crippen molar-refractivity contribution in [3.8, 4) is 0 Å². The van der Waals surface area contributed by atoms with Gasteiger partial charge in [0.1, 0.15) is 5.69 Å². The molecule has 0 bridgehead atoms. The van der Waals surface area contributed by atoms with Gasteiger partial charge in [-0.25, -0.2) is 8.42 Å². The minimum Gasteiger partial charge on any atom is -0.355 e. The summed E-state index contributed by atoms with van der Waals surface area (Å²) in [4.78, 5) is 13.9. The second-order valence-corrected chi connectivity index (χ2v) is 12.0. The Kier molecular flexibility index (Phi) is 7.59. The highest BCUT2D eigenvalue weighted by Crippen LogP contribution is 2.30. The van der Waals surface area contributed by atoms with Crippen LogP contribution >= 0.6 is 11.3 Å². The third-order valence-corrected chi connectivity index (χ3v) is 9.24. The van der Waals surface area contributed by atoms with E-state index < -0.39 is 15.9 Å². The molecule has 3 heterocycles. The molecule has 1 fully saturated rings. The number of benzene rings is 1. The summed E-state index contributed by atoms with van der Waals surface area (Å²) in [5, 5.41) is 8.86. The maximum atomic E-state index is 13.7. The van der Waals surface area contributed by atoms with Crippen molar-refractivity contribution < 1.29 is 17.7 Å². The lowest BCUT2D eigenvalue weighted by atomic mass is 9.99. The van der Waals surface area contributed by atoms with Gasteiger partial charge in [0, 0.05) is 18.0 Å². The Morgan fingerprint density at radius 3 is 2.66 bits per heavy atom. The van der Waals surface area contributed by atoms with E-state index in [1.807, 2.05) is 44.4 Å². The van der Waals surface area contributed by atoms with Crippen LogP contribution in [0.2, 0.25) is 0 Å². The molecule has 1 unspecified atom stereocenters. The zero-order chi connectivity index (χ0) is 25.2. The van der Waals surface area contributed by atoms with Gasteiger partial charge in [-0.15, -0.1) is 11.3 Å². The minimum atomic E-state index is -3.89. The Labute approximate surface area is 210 Å². The number of nitrogens with zero attached hydrogens (tertiary/aromatic N) is 2. The van der Waals surface area contributed by atoms with Crippen LogP contribution in [0.1, 0.15) is 51.4 Å². The first-order valence-corrected chi connectivity index (χ1v) is 14.0. The smallest absolute Gasteiger partial charge is 0.248 e. The van der Waals surface area contributed by atoms with E-state index in [2.05, 4.69) is 22.6 Å². The van der Waals surface area contributed by atoms with Crippen molar-refractivity contribution in [2.75, 3.05) is 13.1 Å². The summed E-state index contributed by atoms with van der Waals surface area (Å²) < 4.78 is 34.1. The average molecular weight is 514 g/mol. The van der Waals surface area contributed by atoms with Gasteiger partial charge in [-0.3, -0.25) is 4.79 Å². The quantitative estimate of drug-likeness (QED) is 0.487. The van der Waals surface area contributed by atoms with Crippen molar-refractivity contribution in [3.63, 3.8) is 0 Å². The number of aromatic nitrogens is 1. The summed E-state index contributed by atoms with van der Waals surface area (Å²) in [6.07, 6.45) is 4.82. The average Bonchev–Trinajstić information content (AvgIpc) is 3.46. The number of carbonyl (C=O) groups is 1. The van der Waals surface area contributed by atoms with Gasteiger partial charge in [0.2, 0.25) is 15.9 Å². The zero-order valence-corrected chi connectivity index (χ0v) is 22.1. The molecule has 0 spiro atoms. The maximum Gasteiger partial charge on any atom is 0.248 e. The van der Waals surface area contributed by atoms with E-state index in [4.69, 9.17) is 4.52 Å². The molecular weight excluding hydrogens is 482 g/mol. The van der Waals surface area contributed by atoms with Crippen LogP contribution in [0.4, 0.5) is 0 Å². The van der Waals surface area contributed by atoms with Gasteiger partial charge in [-0.1, -0.05) is 35.0 Å². The van der Waals surface area contributed by atoms with E-state index in [9.17, 15) is 13.2 Å². The fraction of sp³-hybridized carbons (Fsp3) is 0.385. The van der Waals surface area contributed by atoms with E-state index in [0.717, 1.165) is 21.6 Å². The van der Waals surface area contributed by atoms with Crippen molar-refractivity contribution in [2.24, 2.45) is 5.92 Å². The summed E-state index contributed by atoms with van der Waals surface area (Å²) in [7, 11) is -3.89. The molecule has 1 aliphatic heterocycles. The molecule has 1 amide bonds. The molecule has 0 aliphatic carbocycles. The Hall–Kier alpha value is -2.75. The number of aryl methyl sites for hydroxylation is 4. The van der Waals surface area contributed by atoms with Crippen LogP contribution in [0, 0.1) is 33.6 Å². The summed E-state index contributed by atoms with van der Waals surface area (Å²) in [6.45, 7) is 8.69. The molecule has 1 aromatic carbocycles. The number of amides is 1. The second-order valence-electron chi connectivity index (χ2n) is 9.11. The van der Waals surface area contributed by atoms with Gasteiger partial charge in [0.25, 0.3) is 0 Å². The number of hydrogen-bond acceptors (Lipinski definition) is 6. The van der Waals surface area contributed by atoms with E-state index in [1.165, 1.54) is 9.87 Å². The number of piperidine rings is 1. The van der Waals surface area contributed by atoms with Gasteiger partial charge < -0.3 is 9.84 Å². The molecule has 3 aromatic rings. The van der Waals surface area contributed by atoms with E-state index in [-0.39, 0.29) is 23.1 Å². The summed E-state index contributed by atoms with van der Waals surface area (Å²) in [5.41, 5.74) is 4.72. The number of thiophene rings is 1. The minimum absolute atomic E-state index is 0.0656. The molecular formula is C26H31N3O4S2. The number of sulfonamides is 1. The highest BCUT2D eigenvalue weighted by Gasteiger charge is 2.36. The molecule has 1 N–H and O–H groups in total. The van der Waals surface area contributed by atoms with Crippen LogP contribution in [0.15, 0.2) is 39.1 Å². The SMILES string of the molecule is Cc1cc(C)c(C=Cc2onc(C)c2S(=O)(=O)N2CCCC(C(=O)NCc3cccs3)C2)c(C)c1. The monoisotopic (exact) mass is 513 g/mol. The standard InChI is InChI=1S/C26H31N3O4S2/c1-17-13-18(2)23(19(3)14-17)9-10-24-25(20(4)28-33-24)35(31,32)29-11-5-7-21(16-29)26(30)27-15-22-8-6-12-34-22/h6,8-10,12-14,21H,5,7,11,15-16H2,1-4H3,(H,27,30). The Morgan fingerprint density at radius 1 is 1.23 bits per heavy atom. The zero-order valence-electron chi connectivity index (χ0n) is 20.5. The second kappa shape index (κ2) is 10.5. The lowest BCUT2D eigenvalue weighted by Gasteiger charge is -2.31. The Bertz CT molecular complexity index is 1320. The normalized spacial score (nSPS) is 17.2. The van der Waals surface area contributed by atoms with Crippen LogP contribution in [0.5, 0.6) is 0 Å². The van der Waals surface area contributed by atoms with Gasteiger partial charge in [0.15, 0.2) is 10.7 Å². The highest BCUT2D eigenvalue weighted by atomic mass is 32.2. The summed E-state index contributed by atoms with van der Waals surface area (Å²) >= 11 is 1.58. The first-order valence-electron chi connectivity index (χ1n) is 11.7. The molecule has 4 rings (SSSR count). The third kappa shape index (κ3) is 5.58. The van der Waals surface area contributed by atoms with Crippen LogP contribution in [-0.2, 0) is 21.4 Å². The fourth-order valence-electron chi connectivity index (χ4n) is 4.65. The third-order valence-electron chi connectivity index (χ3n) is 6.34.